The molecule has 3 rings (SSSR count). The van der Waals surface area contributed by atoms with Crippen molar-refractivity contribution in [3.63, 3.8) is 0 Å². The van der Waals surface area contributed by atoms with Gasteiger partial charge in [-0.1, -0.05) is 55.1 Å². The normalized spacial score (nSPS) is 15.0. The van der Waals surface area contributed by atoms with E-state index >= 15 is 0 Å². The van der Waals surface area contributed by atoms with E-state index in [1.54, 1.807) is 0 Å². The van der Waals surface area contributed by atoms with Gasteiger partial charge in [-0.2, -0.15) is 0 Å². The fraction of sp³-hybridized carbons (Fsp3) is 0.240. The third kappa shape index (κ3) is 7.11. The fourth-order valence-corrected chi connectivity index (χ4v) is 3.47. The summed E-state index contributed by atoms with van der Waals surface area (Å²) in [4.78, 5) is 29.5. The van der Waals surface area contributed by atoms with E-state index in [4.69, 9.17) is 15.7 Å². The van der Waals surface area contributed by atoms with E-state index in [2.05, 4.69) is 46.1 Å². The Kier molecular flexibility index (Phi) is 8.69. The molecule has 0 atom stereocenters. The molecule has 0 aliphatic carbocycles. The Hall–Kier alpha value is -3.79. The van der Waals surface area contributed by atoms with E-state index in [9.17, 15) is 9.59 Å². The second kappa shape index (κ2) is 11.9. The van der Waals surface area contributed by atoms with Gasteiger partial charge in [-0.3, -0.25) is 25.0 Å². The molecule has 0 spiro atoms. The summed E-state index contributed by atoms with van der Waals surface area (Å²) in [5, 5.41) is 11.2. The number of hydroxylamine groups is 1. The first kappa shape index (κ1) is 24.8. The average molecular weight is 464 g/mol. The number of guanidine groups is 1. The summed E-state index contributed by atoms with van der Waals surface area (Å²) in [5.74, 6) is -1.28. The van der Waals surface area contributed by atoms with Gasteiger partial charge in [-0.05, 0) is 22.8 Å². The van der Waals surface area contributed by atoms with Crippen LogP contribution in [0.5, 0.6) is 0 Å². The van der Waals surface area contributed by atoms with Crippen molar-refractivity contribution >= 4 is 23.5 Å². The maximum absolute atomic E-state index is 11.7. The lowest BCUT2D eigenvalue weighted by Gasteiger charge is -2.26. The number of amides is 2. The number of rotatable bonds is 7. The van der Waals surface area contributed by atoms with Gasteiger partial charge in [0.2, 0.25) is 11.9 Å². The number of carbonyl (C=O) groups is 2. The van der Waals surface area contributed by atoms with Crippen molar-refractivity contribution in [1.82, 2.24) is 15.7 Å². The third-order valence-corrected chi connectivity index (χ3v) is 5.23. The molecule has 0 aromatic heterocycles. The summed E-state index contributed by atoms with van der Waals surface area (Å²) in [7, 11) is 0. The van der Waals surface area contributed by atoms with Crippen LogP contribution in [0.3, 0.4) is 0 Å². The molecule has 34 heavy (non-hydrogen) atoms. The van der Waals surface area contributed by atoms with Crippen LogP contribution >= 0.6 is 0 Å². The summed E-state index contributed by atoms with van der Waals surface area (Å²) >= 11 is 0. The SMILES string of the molecule is C=C(/C=C(\N=C(/N)NC(C)=O)c1ccc(-c2ccc(CN3CCOCC3)cc2)cc1)C(=O)NO. The minimum atomic E-state index is -0.778. The van der Waals surface area contributed by atoms with Gasteiger partial charge in [0.05, 0.1) is 18.9 Å². The summed E-state index contributed by atoms with van der Waals surface area (Å²) < 4.78 is 5.40. The summed E-state index contributed by atoms with van der Waals surface area (Å²) in [6.07, 6.45) is 1.37. The Morgan fingerprint density at radius 2 is 1.71 bits per heavy atom. The molecule has 1 aliphatic rings. The number of nitrogens with one attached hydrogen (secondary N) is 2. The zero-order valence-electron chi connectivity index (χ0n) is 19.1. The van der Waals surface area contributed by atoms with Crippen LogP contribution in [0.1, 0.15) is 18.1 Å². The standard InChI is InChI=1S/C25H29N5O4/c1-17(24(32)29-33)15-23(28-25(26)27-18(2)31)22-9-7-21(8-10-22)20-5-3-19(4-6-20)16-30-11-13-34-14-12-30/h3-10,15,33H,1,11-14,16H2,2H3,(H,29,32)(H3,26,27,28,31)/b23-15-. The summed E-state index contributed by atoms with van der Waals surface area (Å²) in [5.41, 5.74) is 11.5. The molecule has 1 heterocycles. The largest absolute Gasteiger partial charge is 0.379 e. The van der Waals surface area contributed by atoms with Crippen LogP contribution < -0.4 is 16.5 Å². The van der Waals surface area contributed by atoms with Crippen LogP contribution in [-0.4, -0.2) is 54.2 Å². The van der Waals surface area contributed by atoms with Gasteiger partial charge < -0.3 is 10.5 Å². The first-order valence-corrected chi connectivity index (χ1v) is 10.8. The summed E-state index contributed by atoms with van der Waals surface area (Å²) in [6.45, 7) is 9.27. The molecule has 2 amide bonds. The minimum Gasteiger partial charge on any atom is -0.379 e. The Bertz CT molecular complexity index is 1090. The van der Waals surface area contributed by atoms with Crippen LogP contribution in [0.25, 0.3) is 16.8 Å². The minimum absolute atomic E-state index is 0.0307. The van der Waals surface area contributed by atoms with Gasteiger partial charge in [0.1, 0.15) is 0 Å². The molecule has 0 unspecified atom stereocenters. The smallest absolute Gasteiger partial charge is 0.274 e. The number of aliphatic imine (C=N–C) groups is 1. The van der Waals surface area contributed by atoms with Crippen LogP contribution in [0.15, 0.2) is 71.8 Å². The van der Waals surface area contributed by atoms with Crippen molar-refractivity contribution < 1.29 is 19.5 Å². The number of ether oxygens (including phenoxy) is 1. The van der Waals surface area contributed by atoms with Gasteiger partial charge >= 0.3 is 0 Å². The second-order valence-corrected chi connectivity index (χ2v) is 7.84. The molecular formula is C25H29N5O4. The quantitative estimate of drug-likeness (QED) is 0.124. The highest BCUT2D eigenvalue weighted by Crippen LogP contribution is 2.25. The first-order valence-electron chi connectivity index (χ1n) is 10.8. The van der Waals surface area contributed by atoms with Gasteiger partial charge in [0.15, 0.2) is 0 Å². The van der Waals surface area contributed by atoms with Gasteiger partial charge in [0, 0.05) is 37.7 Å². The molecule has 0 radical (unpaired) electrons. The van der Waals surface area contributed by atoms with E-state index in [1.807, 2.05) is 24.3 Å². The second-order valence-electron chi connectivity index (χ2n) is 7.84. The monoisotopic (exact) mass is 463 g/mol. The Morgan fingerprint density at radius 1 is 1.12 bits per heavy atom. The van der Waals surface area contributed by atoms with Crippen LogP contribution in [-0.2, 0) is 20.9 Å². The number of hydrogen-bond acceptors (Lipinski definition) is 6. The van der Waals surface area contributed by atoms with Crippen molar-refractivity contribution in [3.05, 3.63) is 77.9 Å². The van der Waals surface area contributed by atoms with Crippen LogP contribution in [0, 0.1) is 0 Å². The van der Waals surface area contributed by atoms with Crippen molar-refractivity contribution in [2.45, 2.75) is 13.5 Å². The molecule has 5 N–H and O–H groups in total. The highest BCUT2D eigenvalue weighted by atomic mass is 16.5. The molecule has 2 aromatic carbocycles. The van der Waals surface area contributed by atoms with Gasteiger partial charge in [-0.25, -0.2) is 10.5 Å². The Labute approximate surface area is 198 Å². The predicted molar refractivity (Wildman–Crippen MR) is 130 cm³/mol. The number of morpholine rings is 1. The van der Waals surface area contributed by atoms with Crippen molar-refractivity contribution in [2.24, 2.45) is 10.7 Å². The van der Waals surface area contributed by atoms with E-state index in [0.29, 0.717) is 11.3 Å². The molecule has 9 heteroatoms. The van der Waals surface area contributed by atoms with Crippen LogP contribution in [0.4, 0.5) is 0 Å². The van der Waals surface area contributed by atoms with Gasteiger partial charge in [-0.15, -0.1) is 0 Å². The van der Waals surface area contributed by atoms with E-state index in [0.717, 1.165) is 44.0 Å². The lowest BCUT2D eigenvalue weighted by atomic mass is 10.0. The van der Waals surface area contributed by atoms with Crippen molar-refractivity contribution in [3.8, 4) is 11.1 Å². The maximum atomic E-state index is 11.7. The lowest BCUT2D eigenvalue weighted by molar-refractivity contribution is -0.124. The molecule has 1 aliphatic heterocycles. The highest BCUT2D eigenvalue weighted by molar-refractivity contribution is 6.00. The molecule has 1 saturated heterocycles. The predicted octanol–water partition coefficient (Wildman–Crippen LogP) is 2.04. The molecule has 1 fully saturated rings. The first-order chi connectivity index (χ1) is 16.4. The molecular weight excluding hydrogens is 434 g/mol. The van der Waals surface area contributed by atoms with E-state index in [1.165, 1.54) is 24.0 Å². The Morgan fingerprint density at radius 3 is 2.26 bits per heavy atom. The number of nitrogens with two attached hydrogens (primary N) is 1. The molecule has 178 valence electrons. The molecule has 9 nitrogen and oxygen atoms in total. The highest BCUT2D eigenvalue weighted by Gasteiger charge is 2.11. The Balaban J connectivity index is 1.79. The number of carbonyl (C=O) groups excluding carboxylic acids is 2. The zero-order chi connectivity index (χ0) is 24.5. The molecule has 2 aromatic rings. The molecule has 0 bridgehead atoms. The van der Waals surface area contributed by atoms with Gasteiger partial charge in [0.25, 0.3) is 5.91 Å². The number of benzene rings is 2. The number of hydrogen-bond donors (Lipinski definition) is 4. The van der Waals surface area contributed by atoms with E-state index < -0.39 is 5.91 Å². The van der Waals surface area contributed by atoms with Crippen molar-refractivity contribution in [1.29, 1.82) is 0 Å². The number of nitrogens with zero attached hydrogens (tertiary/aromatic N) is 2. The zero-order valence-corrected chi connectivity index (χ0v) is 19.1. The average Bonchev–Trinajstić information content (AvgIpc) is 2.84. The van der Waals surface area contributed by atoms with Crippen molar-refractivity contribution in [2.75, 3.05) is 26.3 Å². The fourth-order valence-electron chi connectivity index (χ4n) is 3.47. The molecule has 0 saturated carbocycles. The topological polar surface area (TPSA) is 129 Å². The van der Waals surface area contributed by atoms with Crippen LogP contribution in [0.2, 0.25) is 0 Å². The summed E-state index contributed by atoms with van der Waals surface area (Å²) in [6, 6.07) is 15.9. The van der Waals surface area contributed by atoms with E-state index in [-0.39, 0.29) is 17.4 Å². The lowest BCUT2D eigenvalue weighted by Crippen LogP contribution is -2.35. The maximum Gasteiger partial charge on any atom is 0.274 e. The third-order valence-electron chi connectivity index (χ3n) is 5.23.